The molecule has 0 radical (unpaired) electrons. The molecule has 0 aliphatic rings. The molecule has 0 fully saturated rings. The van der Waals surface area contributed by atoms with Crippen molar-refractivity contribution in [1.82, 2.24) is 4.31 Å². The first kappa shape index (κ1) is 14.8. The lowest BCUT2D eigenvalue weighted by molar-refractivity contribution is 0.475. The van der Waals surface area contributed by atoms with Gasteiger partial charge in [-0.25, -0.2) is 12.7 Å². The second-order valence-corrected chi connectivity index (χ2v) is 7.10. The molecule has 0 saturated heterocycles. The number of benzene rings is 2. The van der Waals surface area contributed by atoms with Crippen molar-refractivity contribution in [3.05, 3.63) is 47.5 Å². The number of phenols is 1. The molecular formula is C14H14ClNO3S. The van der Waals surface area contributed by atoms with Crippen LogP contribution in [0.5, 0.6) is 5.75 Å². The highest BCUT2D eigenvalue weighted by Crippen LogP contribution is 2.28. The molecule has 0 amide bonds. The zero-order valence-electron chi connectivity index (χ0n) is 11.0. The van der Waals surface area contributed by atoms with Crippen LogP contribution in [0.15, 0.2) is 47.4 Å². The number of sulfonamides is 1. The molecule has 2 aromatic carbocycles. The van der Waals surface area contributed by atoms with Crippen molar-refractivity contribution >= 4 is 21.6 Å². The van der Waals surface area contributed by atoms with Crippen LogP contribution in [-0.4, -0.2) is 31.9 Å². The number of phenolic OH excluding ortho intramolecular Hbond substituents is 1. The van der Waals surface area contributed by atoms with Gasteiger partial charge >= 0.3 is 0 Å². The molecule has 1 N–H and O–H groups in total. The molecule has 0 aliphatic heterocycles. The van der Waals surface area contributed by atoms with Crippen LogP contribution in [0.3, 0.4) is 0 Å². The van der Waals surface area contributed by atoms with Crippen LogP contribution < -0.4 is 0 Å². The summed E-state index contributed by atoms with van der Waals surface area (Å²) in [6, 6.07) is 11.1. The Kier molecular flexibility index (Phi) is 4.04. The Morgan fingerprint density at radius 2 is 1.60 bits per heavy atom. The van der Waals surface area contributed by atoms with Gasteiger partial charge in [0.25, 0.3) is 0 Å². The van der Waals surface area contributed by atoms with Gasteiger partial charge in [0.2, 0.25) is 10.0 Å². The molecular weight excluding hydrogens is 298 g/mol. The molecule has 106 valence electrons. The van der Waals surface area contributed by atoms with Crippen LogP contribution in [0.2, 0.25) is 5.02 Å². The Hall–Kier alpha value is -1.56. The Bertz CT molecular complexity index is 704. The van der Waals surface area contributed by atoms with E-state index in [1.165, 1.54) is 32.3 Å². The number of hydrogen-bond acceptors (Lipinski definition) is 3. The summed E-state index contributed by atoms with van der Waals surface area (Å²) in [5, 5.41) is 9.95. The fraction of sp³-hybridized carbons (Fsp3) is 0.143. The molecule has 2 rings (SSSR count). The molecule has 0 atom stereocenters. The van der Waals surface area contributed by atoms with Crippen molar-refractivity contribution < 1.29 is 13.5 Å². The second-order valence-electron chi connectivity index (χ2n) is 4.51. The summed E-state index contributed by atoms with van der Waals surface area (Å²) in [6.07, 6.45) is 0. The van der Waals surface area contributed by atoms with Crippen molar-refractivity contribution in [3.8, 4) is 16.9 Å². The molecule has 2 aromatic rings. The molecule has 0 aliphatic carbocycles. The second kappa shape index (κ2) is 5.44. The van der Waals surface area contributed by atoms with Crippen LogP contribution in [0, 0.1) is 0 Å². The average molecular weight is 312 g/mol. The first-order valence-corrected chi connectivity index (χ1v) is 7.65. The summed E-state index contributed by atoms with van der Waals surface area (Å²) in [5.41, 5.74) is 1.50. The number of nitrogens with zero attached hydrogens (tertiary/aromatic N) is 1. The fourth-order valence-electron chi connectivity index (χ4n) is 1.77. The van der Waals surface area contributed by atoms with Crippen molar-refractivity contribution in [2.75, 3.05) is 14.1 Å². The summed E-state index contributed by atoms with van der Waals surface area (Å²) in [5.74, 6) is 0.0671. The van der Waals surface area contributed by atoms with Gasteiger partial charge in [0, 0.05) is 19.1 Å². The first-order chi connectivity index (χ1) is 9.30. The summed E-state index contributed by atoms with van der Waals surface area (Å²) < 4.78 is 25.1. The van der Waals surface area contributed by atoms with Crippen LogP contribution in [-0.2, 0) is 10.0 Å². The number of aromatic hydroxyl groups is 1. The van der Waals surface area contributed by atoms with Gasteiger partial charge in [-0.05, 0) is 41.5 Å². The molecule has 0 aromatic heterocycles. The highest BCUT2D eigenvalue weighted by molar-refractivity contribution is 7.89. The number of hydrogen-bond donors (Lipinski definition) is 1. The molecule has 4 nitrogen and oxygen atoms in total. The van der Waals surface area contributed by atoms with E-state index in [9.17, 15) is 13.5 Å². The van der Waals surface area contributed by atoms with Crippen molar-refractivity contribution in [2.45, 2.75) is 4.90 Å². The standard InChI is InChI=1S/C14H14ClNO3S/c1-16(2)20(18,19)14-5-3-10(4-6-14)11-7-12(15)9-13(17)8-11/h3-9,17H,1-2H3. The normalized spacial score (nSPS) is 11.8. The van der Waals surface area contributed by atoms with E-state index >= 15 is 0 Å². The maximum Gasteiger partial charge on any atom is 0.242 e. The Morgan fingerprint density at radius 3 is 2.10 bits per heavy atom. The topological polar surface area (TPSA) is 57.6 Å². The minimum atomic E-state index is -3.43. The minimum Gasteiger partial charge on any atom is -0.508 e. The summed E-state index contributed by atoms with van der Waals surface area (Å²) in [4.78, 5) is 0.220. The lowest BCUT2D eigenvalue weighted by Gasteiger charge is -2.11. The number of halogens is 1. The third-order valence-electron chi connectivity index (χ3n) is 2.85. The molecule has 0 heterocycles. The van der Waals surface area contributed by atoms with Crippen molar-refractivity contribution in [2.24, 2.45) is 0 Å². The summed E-state index contributed by atoms with van der Waals surface area (Å²) in [6.45, 7) is 0. The monoisotopic (exact) mass is 311 g/mol. The van der Waals surface area contributed by atoms with Gasteiger partial charge in [-0.3, -0.25) is 0 Å². The van der Waals surface area contributed by atoms with Gasteiger partial charge < -0.3 is 5.11 Å². The predicted octanol–water partition coefficient (Wildman–Crippen LogP) is 2.96. The Balaban J connectivity index is 2.43. The highest BCUT2D eigenvalue weighted by atomic mass is 35.5. The van der Waals surface area contributed by atoms with Crippen LogP contribution in [0.1, 0.15) is 0 Å². The average Bonchev–Trinajstić information content (AvgIpc) is 2.37. The highest BCUT2D eigenvalue weighted by Gasteiger charge is 2.16. The zero-order valence-corrected chi connectivity index (χ0v) is 12.6. The van der Waals surface area contributed by atoms with Gasteiger partial charge in [-0.15, -0.1) is 0 Å². The Labute approximate surface area is 123 Å². The molecule has 0 saturated carbocycles. The third kappa shape index (κ3) is 2.95. The van der Waals surface area contributed by atoms with Crippen molar-refractivity contribution in [1.29, 1.82) is 0 Å². The SMILES string of the molecule is CN(C)S(=O)(=O)c1ccc(-c2cc(O)cc(Cl)c2)cc1. The van der Waals surface area contributed by atoms with E-state index in [0.29, 0.717) is 5.02 Å². The zero-order chi connectivity index (χ0) is 14.9. The van der Waals surface area contributed by atoms with Crippen LogP contribution in [0.25, 0.3) is 11.1 Å². The smallest absolute Gasteiger partial charge is 0.242 e. The minimum absolute atomic E-state index is 0.0671. The largest absolute Gasteiger partial charge is 0.508 e. The Morgan fingerprint density at radius 1 is 1.00 bits per heavy atom. The van der Waals surface area contributed by atoms with E-state index in [4.69, 9.17) is 11.6 Å². The van der Waals surface area contributed by atoms with E-state index < -0.39 is 10.0 Å². The van der Waals surface area contributed by atoms with Gasteiger partial charge in [-0.2, -0.15) is 0 Å². The van der Waals surface area contributed by atoms with Crippen molar-refractivity contribution in [3.63, 3.8) is 0 Å². The summed E-state index contributed by atoms with van der Waals surface area (Å²) in [7, 11) is -0.466. The van der Waals surface area contributed by atoms with E-state index in [-0.39, 0.29) is 10.6 Å². The summed E-state index contributed by atoms with van der Waals surface area (Å²) >= 11 is 5.88. The van der Waals surface area contributed by atoms with E-state index in [2.05, 4.69) is 0 Å². The molecule has 20 heavy (non-hydrogen) atoms. The molecule has 0 bridgehead atoms. The maximum atomic E-state index is 12.0. The van der Waals surface area contributed by atoms with Gasteiger partial charge in [0.05, 0.1) is 4.90 Å². The quantitative estimate of drug-likeness (QED) is 0.948. The van der Waals surface area contributed by atoms with Gasteiger partial charge in [0.15, 0.2) is 0 Å². The third-order valence-corrected chi connectivity index (χ3v) is 4.90. The molecule has 0 unspecified atom stereocenters. The fourth-order valence-corrected chi connectivity index (χ4v) is 2.90. The number of rotatable bonds is 3. The lowest BCUT2D eigenvalue weighted by Crippen LogP contribution is -2.22. The maximum absolute atomic E-state index is 12.0. The van der Waals surface area contributed by atoms with Crippen LogP contribution >= 0.6 is 11.6 Å². The lowest BCUT2D eigenvalue weighted by atomic mass is 10.1. The molecule has 6 heteroatoms. The molecule has 0 spiro atoms. The van der Waals surface area contributed by atoms with E-state index in [1.807, 2.05) is 0 Å². The van der Waals surface area contributed by atoms with Gasteiger partial charge in [0.1, 0.15) is 5.75 Å². The first-order valence-electron chi connectivity index (χ1n) is 5.83. The predicted molar refractivity (Wildman–Crippen MR) is 79.4 cm³/mol. The van der Waals surface area contributed by atoms with Crippen LogP contribution in [0.4, 0.5) is 0 Å². The van der Waals surface area contributed by atoms with E-state index in [1.54, 1.807) is 24.3 Å². The van der Waals surface area contributed by atoms with Gasteiger partial charge in [-0.1, -0.05) is 23.7 Å². The van der Waals surface area contributed by atoms with E-state index in [0.717, 1.165) is 15.4 Å².